The van der Waals surface area contributed by atoms with Crippen LogP contribution in [0.5, 0.6) is 0 Å². The molecule has 0 radical (unpaired) electrons. The fourth-order valence-electron chi connectivity index (χ4n) is 4.33. The second kappa shape index (κ2) is 7.99. The van der Waals surface area contributed by atoms with Gasteiger partial charge in [0.05, 0.1) is 22.9 Å². The maximum absolute atomic E-state index is 4.80. The minimum atomic E-state index is 0.610. The molecule has 0 N–H and O–H groups in total. The van der Waals surface area contributed by atoms with E-state index < -0.39 is 0 Å². The van der Waals surface area contributed by atoms with Gasteiger partial charge in [-0.25, -0.2) is 4.98 Å². The lowest BCUT2D eigenvalue weighted by molar-refractivity contribution is 0.218. The zero-order valence-corrected chi connectivity index (χ0v) is 18.2. The van der Waals surface area contributed by atoms with Crippen molar-refractivity contribution in [3.8, 4) is 0 Å². The summed E-state index contributed by atoms with van der Waals surface area (Å²) in [6, 6.07) is 9.09. The van der Waals surface area contributed by atoms with Crippen molar-refractivity contribution in [3.05, 3.63) is 53.1 Å². The van der Waals surface area contributed by atoms with Crippen LogP contribution in [0.25, 0.3) is 23.2 Å². The molecule has 1 saturated heterocycles. The van der Waals surface area contributed by atoms with Crippen LogP contribution in [0, 0.1) is 13.8 Å². The van der Waals surface area contributed by atoms with Gasteiger partial charge >= 0.3 is 0 Å². The number of likely N-dealkylation sites (tertiary alicyclic amines) is 1. The molecule has 1 aliphatic heterocycles. The number of aryl methyl sites for hydroxylation is 1. The van der Waals surface area contributed by atoms with Crippen LogP contribution in [0.4, 0.5) is 5.69 Å². The molecule has 1 fully saturated rings. The summed E-state index contributed by atoms with van der Waals surface area (Å²) < 4.78 is 2.53. The third-order valence-corrected chi connectivity index (χ3v) is 6.07. The average Bonchev–Trinajstić information content (AvgIpc) is 2.99. The Kier molecular flexibility index (Phi) is 5.41. The Morgan fingerprint density at radius 1 is 1.03 bits per heavy atom. The molecule has 29 heavy (non-hydrogen) atoms. The monoisotopic (exact) mass is 389 g/mol. The van der Waals surface area contributed by atoms with Crippen molar-refractivity contribution >= 4 is 28.9 Å². The second-order valence-corrected chi connectivity index (χ2v) is 8.43. The molecule has 3 aromatic rings. The number of rotatable bonds is 4. The number of anilines is 1. The molecule has 5 nitrogen and oxygen atoms in total. The van der Waals surface area contributed by atoms with Crippen molar-refractivity contribution in [1.29, 1.82) is 0 Å². The number of benzene rings is 1. The lowest BCUT2D eigenvalue weighted by Crippen LogP contribution is -2.32. The van der Waals surface area contributed by atoms with Crippen molar-refractivity contribution in [1.82, 2.24) is 19.4 Å². The lowest BCUT2D eigenvalue weighted by atomic mass is 10.0. The van der Waals surface area contributed by atoms with Crippen molar-refractivity contribution in [2.24, 2.45) is 0 Å². The van der Waals surface area contributed by atoms with Crippen molar-refractivity contribution in [2.45, 2.75) is 32.7 Å². The molecule has 4 rings (SSSR count). The van der Waals surface area contributed by atoms with E-state index in [1.165, 1.54) is 42.9 Å². The zero-order valence-electron chi connectivity index (χ0n) is 18.2. The molecule has 0 spiro atoms. The van der Waals surface area contributed by atoms with E-state index in [0.717, 1.165) is 22.4 Å². The summed E-state index contributed by atoms with van der Waals surface area (Å²) in [5.74, 6) is 0. The highest BCUT2D eigenvalue weighted by Crippen LogP contribution is 2.29. The van der Waals surface area contributed by atoms with Gasteiger partial charge in [-0.15, -0.1) is 0 Å². The summed E-state index contributed by atoms with van der Waals surface area (Å²) in [4.78, 5) is 13.9. The lowest BCUT2D eigenvalue weighted by Gasteiger charge is -2.31. The maximum Gasteiger partial charge on any atom is 0.0914 e. The van der Waals surface area contributed by atoms with Crippen LogP contribution in [0.2, 0.25) is 0 Å². The summed E-state index contributed by atoms with van der Waals surface area (Å²) in [5.41, 5.74) is 7.83. The summed E-state index contributed by atoms with van der Waals surface area (Å²) in [5, 5.41) is 0. The van der Waals surface area contributed by atoms with E-state index in [4.69, 9.17) is 4.98 Å². The van der Waals surface area contributed by atoms with Crippen LogP contribution in [-0.2, 0) is 0 Å². The van der Waals surface area contributed by atoms with E-state index in [9.17, 15) is 0 Å². The molecular weight excluding hydrogens is 358 g/mol. The van der Waals surface area contributed by atoms with E-state index in [2.05, 4.69) is 70.6 Å². The van der Waals surface area contributed by atoms with E-state index in [1.54, 1.807) is 0 Å². The van der Waals surface area contributed by atoms with E-state index in [1.807, 2.05) is 26.4 Å². The molecule has 1 aliphatic rings. The quantitative estimate of drug-likeness (QED) is 0.656. The minimum absolute atomic E-state index is 0.610. The number of piperidine rings is 1. The Morgan fingerprint density at radius 2 is 1.79 bits per heavy atom. The van der Waals surface area contributed by atoms with Crippen LogP contribution in [0.15, 0.2) is 30.5 Å². The Morgan fingerprint density at radius 3 is 2.52 bits per heavy atom. The molecule has 2 aromatic heterocycles. The molecule has 5 heteroatoms. The van der Waals surface area contributed by atoms with Crippen LogP contribution in [-0.4, -0.2) is 53.7 Å². The highest BCUT2D eigenvalue weighted by Gasteiger charge is 2.21. The Labute approximate surface area is 173 Å². The first kappa shape index (κ1) is 19.6. The van der Waals surface area contributed by atoms with Gasteiger partial charge in [0.1, 0.15) is 0 Å². The Balaban J connectivity index is 1.60. The Bertz CT molecular complexity index is 1040. The van der Waals surface area contributed by atoms with Crippen LogP contribution in [0.1, 0.15) is 41.5 Å². The summed E-state index contributed by atoms with van der Waals surface area (Å²) in [6.45, 7) is 6.81. The number of aromatic nitrogens is 3. The van der Waals surface area contributed by atoms with Gasteiger partial charge in [-0.05, 0) is 82.7 Å². The van der Waals surface area contributed by atoms with E-state index >= 15 is 0 Å². The molecule has 0 bridgehead atoms. The smallest absolute Gasteiger partial charge is 0.0914 e. The molecule has 0 atom stereocenters. The minimum Gasteiger partial charge on any atom is -0.378 e. The van der Waals surface area contributed by atoms with Crippen LogP contribution >= 0.6 is 0 Å². The fraction of sp³-hybridized carbons (Fsp3) is 0.417. The molecule has 1 aromatic carbocycles. The molecule has 0 saturated carbocycles. The normalized spacial score (nSPS) is 16.2. The topological polar surface area (TPSA) is 37.2 Å². The van der Waals surface area contributed by atoms with Gasteiger partial charge in [0.2, 0.25) is 0 Å². The number of hydrogen-bond donors (Lipinski definition) is 0. The molecular formula is C24H31N5. The molecule has 3 heterocycles. The molecule has 0 aliphatic carbocycles. The largest absolute Gasteiger partial charge is 0.378 e. The molecule has 0 unspecified atom stereocenters. The second-order valence-electron chi connectivity index (χ2n) is 8.43. The maximum atomic E-state index is 4.80. The highest BCUT2D eigenvalue weighted by atomic mass is 15.1. The van der Waals surface area contributed by atoms with Gasteiger partial charge in [0.15, 0.2) is 0 Å². The average molecular weight is 390 g/mol. The number of nitrogens with zero attached hydrogens (tertiary/aromatic N) is 5. The van der Waals surface area contributed by atoms with Gasteiger partial charge in [-0.2, -0.15) is 0 Å². The number of hydrogen-bond acceptors (Lipinski definition) is 4. The predicted octanol–water partition coefficient (Wildman–Crippen LogP) is 4.55. The van der Waals surface area contributed by atoms with Crippen LogP contribution < -0.4 is 4.90 Å². The third kappa shape index (κ3) is 4.06. The zero-order chi connectivity index (χ0) is 20.5. The van der Waals surface area contributed by atoms with Gasteiger partial charge in [-0.1, -0.05) is 6.08 Å². The molecule has 0 amide bonds. The van der Waals surface area contributed by atoms with Gasteiger partial charge in [-0.3, -0.25) is 4.98 Å². The standard InChI is InChI=1S/C24H31N5/c1-17-14-19(18(2)29(17)21-10-12-28(5)13-11-21)6-7-20-16-25-23-9-8-22(27(3)4)15-24(23)26-20/h6-9,14-16,21H,10-13H2,1-5H3/b7-6+. The third-order valence-electron chi connectivity index (χ3n) is 6.07. The number of fused-ring (bicyclic) bond motifs is 1. The highest BCUT2D eigenvalue weighted by molar-refractivity contribution is 5.80. The molecule has 152 valence electrons. The van der Waals surface area contributed by atoms with Gasteiger partial charge in [0.25, 0.3) is 0 Å². The summed E-state index contributed by atoms with van der Waals surface area (Å²) in [7, 11) is 6.29. The predicted molar refractivity (Wildman–Crippen MR) is 122 cm³/mol. The fourth-order valence-corrected chi connectivity index (χ4v) is 4.33. The van der Waals surface area contributed by atoms with Crippen molar-refractivity contribution in [2.75, 3.05) is 39.1 Å². The first-order chi connectivity index (χ1) is 13.9. The summed E-state index contributed by atoms with van der Waals surface area (Å²) in [6.07, 6.45) is 8.56. The van der Waals surface area contributed by atoms with Crippen molar-refractivity contribution in [3.63, 3.8) is 0 Å². The van der Waals surface area contributed by atoms with Crippen LogP contribution in [0.3, 0.4) is 0 Å². The first-order valence-electron chi connectivity index (χ1n) is 10.4. The first-order valence-corrected chi connectivity index (χ1v) is 10.4. The Hall–Kier alpha value is -2.66. The SMILES string of the molecule is Cc1cc(/C=C/c2cnc3ccc(N(C)C)cc3n2)c(C)n1C1CCN(C)CC1. The van der Waals surface area contributed by atoms with Gasteiger partial charge in [0, 0.05) is 37.2 Å². The summed E-state index contributed by atoms with van der Waals surface area (Å²) >= 11 is 0. The van der Waals surface area contributed by atoms with E-state index in [-0.39, 0.29) is 0 Å². The van der Waals surface area contributed by atoms with E-state index in [0.29, 0.717) is 6.04 Å². The van der Waals surface area contributed by atoms with Gasteiger partial charge < -0.3 is 14.4 Å². The van der Waals surface area contributed by atoms with Crippen molar-refractivity contribution < 1.29 is 0 Å².